The quantitative estimate of drug-likeness (QED) is 0.609. The summed E-state index contributed by atoms with van der Waals surface area (Å²) in [5.41, 5.74) is 0.633. The van der Waals surface area contributed by atoms with Crippen LogP contribution in [0.15, 0.2) is 47.1 Å². The number of hydrogen-bond acceptors (Lipinski definition) is 4. The van der Waals surface area contributed by atoms with Gasteiger partial charge in [0, 0.05) is 18.2 Å². The number of aryl methyl sites for hydroxylation is 1. The van der Waals surface area contributed by atoms with E-state index in [1.54, 1.807) is 19.1 Å². The first-order chi connectivity index (χ1) is 13.7. The Kier molecular flexibility index (Phi) is 4.56. The van der Waals surface area contributed by atoms with Crippen LogP contribution in [0.5, 0.6) is 0 Å². The minimum Gasteiger partial charge on any atom is -0.467 e. The molecular formula is C19H16F4N4O2. The number of halogens is 4. The van der Waals surface area contributed by atoms with Crippen LogP contribution in [-0.2, 0) is 0 Å². The standard InChI is InChI=1S/C19H16F4N4O2/c1-10-7-11(20)4-5-12(10)25-18(28)14-9-17-24-13(15-3-2-6-29-15)8-16(19(21,22)23)27(17)26-14/h2-7,9,13,16,24H,8H2,1H3,(H,25,28)/t13-,16-/m1/s1. The fourth-order valence-corrected chi connectivity index (χ4v) is 3.31. The van der Waals surface area contributed by atoms with E-state index in [0.29, 0.717) is 17.0 Å². The third kappa shape index (κ3) is 3.69. The van der Waals surface area contributed by atoms with Crippen LogP contribution >= 0.6 is 0 Å². The largest absolute Gasteiger partial charge is 0.467 e. The van der Waals surface area contributed by atoms with Gasteiger partial charge in [-0.3, -0.25) is 4.79 Å². The van der Waals surface area contributed by atoms with Crippen molar-refractivity contribution >= 4 is 17.4 Å². The highest BCUT2D eigenvalue weighted by atomic mass is 19.4. The lowest BCUT2D eigenvalue weighted by atomic mass is 10.0. The number of nitrogens with one attached hydrogen (secondary N) is 2. The van der Waals surface area contributed by atoms with Gasteiger partial charge in [-0.15, -0.1) is 0 Å². The first-order valence-electron chi connectivity index (χ1n) is 8.76. The average Bonchev–Trinajstić information content (AvgIpc) is 3.31. The van der Waals surface area contributed by atoms with Crippen molar-refractivity contribution in [3.63, 3.8) is 0 Å². The molecule has 0 fully saturated rings. The van der Waals surface area contributed by atoms with E-state index in [0.717, 1.165) is 4.68 Å². The molecule has 0 saturated carbocycles. The highest BCUT2D eigenvalue weighted by Gasteiger charge is 2.47. The summed E-state index contributed by atoms with van der Waals surface area (Å²) in [5.74, 6) is -0.737. The number of carbonyl (C=O) groups is 1. The van der Waals surface area contributed by atoms with E-state index in [1.807, 2.05) is 0 Å². The first kappa shape index (κ1) is 19.0. The van der Waals surface area contributed by atoms with E-state index in [4.69, 9.17) is 4.42 Å². The fraction of sp³-hybridized carbons (Fsp3) is 0.263. The second-order valence-electron chi connectivity index (χ2n) is 6.78. The topological polar surface area (TPSA) is 72.1 Å². The minimum absolute atomic E-state index is 0.0564. The van der Waals surface area contributed by atoms with Gasteiger partial charge >= 0.3 is 6.18 Å². The van der Waals surface area contributed by atoms with Crippen molar-refractivity contribution in [1.82, 2.24) is 9.78 Å². The van der Waals surface area contributed by atoms with Gasteiger partial charge in [0.1, 0.15) is 17.4 Å². The lowest BCUT2D eigenvalue weighted by Gasteiger charge is -2.32. The molecule has 29 heavy (non-hydrogen) atoms. The Labute approximate surface area is 162 Å². The van der Waals surface area contributed by atoms with E-state index >= 15 is 0 Å². The molecule has 1 amide bonds. The number of fused-ring (bicyclic) bond motifs is 1. The van der Waals surface area contributed by atoms with Gasteiger partial charge in [0.15, 0.2) is 11.7 Å². The van der Waals surface area contributed by atoms with Crippen LogP contribution in [0.2, 0.25) is 0 Å². The highest BCUT2D eigenvalue weighted by Crippen LogP contribution is 2.43. The van der Waals surface area contributed by atoms with Crippen molar-refractivity contribution in [2.45, 2.75) is 31.6 Å². The summed E-state index contributed by atoms with van der Waals surface area (Å²) in [5, 5.41) is 9.36. The Hall–Kier alpha value is -3.30. The summed E-state index contributed by atoms with van der Waals surface area (Å²) in [4.78, 5) is 12.5. The summed E-state index contributed by atoms with van der Waals surface area (Å²) < 4.78 is 60.1. The second-order valence-corrected chi connectivity index (χ2v) is 6.78. The molecule has 0 saturated heterocycles. The molecule has 6 nitrogen and oxygen atoms in total. The zero-order valence-corrected chi connectivity index (χ0v) is 15.1. The van der Waals surface area contributed by atoms with Gasteiger partial charge < -0.3 is 15.1 Å². The molecule has 1 aliphatic rings. The van der Waals surface area contributed by atoms with Crippen LogP contribution in [0.4, 0.5) is 29.1 Å². The number of amides is 1. The molecule has 1 aliphatic heterocycles. The number of hydrogen-bond donors (Lipinski definition) is 2. The van der Waals surface area contributed by atoms with E-state index in [-0.39, 0.29) is 17.9 Å². The lowest BCUT2D eigenvalue weighted by molar-refractivity contribution is -0.174. The molecule has 2 atom stereocenters. The van der Waals surface area contributed by atoms with Crippen molar-refractivity contribution in [1.29, 1.82) is 0 Å². The number of rotatable bonds is 3. The van der Waals surface area contributed by atoms with Gasteiger partial charge in [0.2, 0.25) is 0 Å². The predicted molar refractivity (Wildman–Crippen MR) is 96.1 cm³/mol. The number of carbonyl (C=O) groups excluding carboxylic acids is 1. The van der Waals surface area contributed by atoms with Crippen LogP contribution in [-0.4, -0.2) is 21.9 Å². The van der Waals surface area contributed by atoms with E-state index in [2.05, 4.69) is 15.7 Å². The molecule has 0 radical (unpaired) electrons. The van der Waals surface area contributed by atoms with Crippen LogP contribution in [0, 0.1) is 12.7 Å². The highest BCUT2D eigenvalue weighted by molar-refractivity contribution is 6.03. The smallest absolute Gasteiger partial charge is 0.410 e. The number of nitrogens with zero attached hydrogens (tertiary/aromatic N) is 2. The second kappa shape index (κ2) is 6.94. The molecule has 0 unspecified atom stereocenters. The van der Waals surface area contributed by atoms with E-state index in [9.17, 15) is 22.4 Å². The van der Waals surface area contributed by atoms with E-state index in [1.165, 1.54) is 30.5 Å². The predicted octanol–water partition coefficient (Wildman–Crippen LogP) is 4.84. The van der Waals surface area contributed by atoms with Crippen LogP contribution in [0.25, 0.3) is 0 Å². The Morgan fingerprint density at radius 2 is 2.10 bits per heavy atom. The monoisotopic (exact) mass is 408 g/mol. The Balaban J connectivity index is 1.64. The van der Waals surface area contributed by atoms with Crippen LogP contribution in [0.1, 0.15) is 40.3 Å². The summed E-state index contributed by atoms with van der Waals surface area (Å²) in [6, 6.07) is 5.60. The maximum atomic E-state index is 13.6. The van der Waals surface area contributed by atoms with Crippen LogP contribution < -0.4 is 10.6 Å². The molecule has 0 bridgehead atoms. The van der Waals surface area contributed by atoms with Crippen molar-refractivity contribution in [2.75, 3.05) is 10.6 Å². The summed E-state index contributed by atoms with van der Waals surface area (Å²) in [6.07, 6.45) is -3.51. The fourth-order valence-electron chi connectivity index (χ4n) is 3.31. The van der Waals surface area contributed by atoms with Crippen molar-refractivity contribution in [2.24, 2.45) is 0 Å². The molecule has 2 N–H and O–H groups in total. The molecule has 3 heterocycles. The SMILES string of the molecule is Cc1cc(F)ccc1NC(=O)c1cc2n(n1)[C@@H](C(F)(F)F)C[C@H](c1ccco1)N2. The van der Waals surface area contributed by atoms with Crippen LogP contribution in [0.3, 0.4) is 0 Å². The van der Waals surface area contributed by atoms with Gasteiger partial charge in [0.05, 0.1) is 12.3 Å². The molecule has 4 rings (SSSR count). The molecule has 152 valence electrons. The summed E-state index contributed by atoms with van der Waals surface area (Å²) in [7, 11) is 0. The maximum Gasteiger partial charge on any atom is 0.410 e. The van der Waals surface area contributed by atoms with Gasteiger partial charge in [-0.05, 0) is 42.8 Å². The minimum atomic E-state index is -4.56. The normalized spacial score (nSPS) is 18.8. The average molecular weight is 408 g/mol. The third-order valence-electron chi connectivity index (χ3n) is 4.75. The number of alkyl halides is 3. The summed E-state index contributed by atoms with van der Waals surface area (Å²) in [6.45, 7) is 1.60. The van der Waals surface area contributed by atoms with Crippen molar-refractivity contribution in [3.05, 3.63) is 65.5 Å². The lowest BCUT2D eigenvalue weighted by Crippen LogP contribution is -2.35. The number of benzene rings is 1. The molecule has 10 heteroatoms. The molecule has 0 aliphatic carbocycles. The van der Waals surface area contributed by atoms with Crippen molar-refractivity contribution in [3.8, 4) is 0 Å². The molecule has 2 aromatic heterocycles. The van der Waals surface area contributed by atoms with Gasteiger partial charge in [0.25, 0.3) is 5.91 Å². The number of furan rings is 1. The van der Waals surface area contributed by atoms with Crippen molar-refractivity contribution < 1.29 is 26.8 Å². The third-order valence-corrected chi connectivity index (χ3v) is 4.75. The number of anilines is 2. The van der Waals surface area contributed by atoms with Gasteiger partial charge in [-0.1, -0.05) is 0 Å². The molecule has 1 aromatic carbocycles. The Morgan fingerprint density at radius 3 is 2.76 bits per heavy atom. The molecule has 0 spiro atoms. The Bertz CT molecular complexity index is 1040. The summed E-state index contributed by atoms with van der Waals surface area (Å²) >= 11 is 0. The molecular weight excluding hydrogens is 392 g/mol. The zero-order valence-electron chi connectivity index (χ0n) is 15.1. The zero-order chi connectivity index (χ0) is 20.8. The van der Waals surface area contributed by atoms with E-state index < -0.39 is 30.0 Å². The van der Waals surface area contributed by atoms with Gasteiger partial charge in [-0.25, -0.2) is 9.07 Å². The Morgan fingerprint density at radius 1 is 1.31 bits per heavy atom. The molecule has 3 aromatic rings. The maximum absolute atomic E-state index is 13.6. The number of aromatic nitrogens is 2. The van der Waals surface area contributed by atoms with Gasteiger partial charge in [-0.2, -0.15) is 18.3 Å². The first-order valence-corrected chi connectivity index (χ1v) is 8.76.